The van der Waals surface area contributed by atoms with Crippen LogP contribution in [0.5, 0.6) is 0 Å². The van der Waals surface area contributed by atoms with Crippen molar-refractivity contribution >= 4 is 0 Å². The van der Waals surface area contributed by atoms with Gasteiger partial charge in [-0.05, 0) is 0 Å². The van der Waals surface area contributed by atoms with Crippen molar-refractivity contribution in [3.8, 4) is 0 Å². The molecule has 0 saturated carbocycles. The maximum absolute atomic E-state index is 5.33. The molecule has 0 aromatic heterocycles. The van der Waals surface area contributed by atoms with Gasteiger partial charge in [-0.25, -0.2) is 0 Å². The Hall–Kier alpha value is -0.280. The summed E-state index contributed by atoms with van der Waals surface area (Å²) < 4.78 is 31.2. The first-order valence-corrected chi connectivity index (χ1v) is 7.99. The van der Waals surface area contributed by atoms with Crippen LogP contribution in [-0.4, -0.2) is 86.3 Å². The van der Waals surface area contributed by atoms with Crippen LogP contribution in [0.1, 0.15) is 13.8 Å². The van der Waals surface area contributed by atoms with Crippen LogP contribution < -0.4 is 5.73 Å². The zero-order valence-electron chi connectivity index (χ0n) is 14.5. The van der Waals surface area contributed by atoms with E-state index in [2.05, 4.69) is 0 Å². The number of hydrogen-bond donors (Lipinski definition) is 1. The van der Waals surface area contributed by atoms with Gasteiger partial charge in [-0.3, -0.25) is 0 Å². The Morgan fingerprint density at radius 2 is 0.773 bits per heavy atom. The first-order valence-electron chi connectivity index (χ1n) is 7.99. The fourth-order valence-electron chi connectivity index (χ4n) is 1.21. The summed E-state index contributed by atoms with van der Waals surface area (Å²) in [5, 5.41) is 0. The first kappa shape index (κ1) is 24.0. The molecular weight excluding hydrogens is 290 g/mol. The van der Waals surface area contributed by atoms with Gasteiger partial charge in [0.25, 0.3) is 0 Å². The molecule has 0 amide bonds. The summed E-state index contributed by atoms with van der Waals surface area (Å²) in [5.41, 5.74) is 5.28. The second-order valence-corrected chi connectivity index (χ2v) is 3.84. The lowest BCUT2D eigenvalue weighted by Gasteiger charge is -2.07. The van der Waals surface area contributed by atoms with Crippen LogP contribution >= 0.6 is 0 Å². The van der Waals surface area contributed by atoms with Gasteiger partial charge < -0.3 is 34.2 Å². The van der Waals surface area contributed by atoms with Gasteiger partial charge in [0.2, 0.25) is 0 Å². The average molecular weight is 325 g/mol. The third-order valence-electron chi connectivity index (χ3n) is 2.18. The van der Waals surface area contributed by atoms with Gasteiger partial charge in [-0.2, -0.15) is 0 Å². The SMILES string of the molecule is CC.COCCOCCOCCOCCOCCOCCN. The first-order chi connectivity index (χ1) is 10.9. The molecule has 0 aliphatic heterocycles. The van der Waals surface area contributed by atoms with E-state index in [-0.39, 0.29) is 0 Å². The smallest absolute Gasteiger partial charge is 0.0701 e. The summed E-state index contributed by atoms with van der Waals surface area (Å²) in [7, 11) is 1.65. The Labute approximate surface area is 135 Å². The molecule has 0 rings (SSSR count). The average Bonchev–Trinajstić information content (AvgIpc) is 2.56. The normalized spacial score (nSPS) is 10.4. The molecule has 0 aliphatic rings. The maximum Gasteiger partial charge on any atom is 0.0701 e. The highest BCUT2D eigenvalue weighted by Gasteiger charge is 1.93. The van der Waals surface area contributed by atoms with E-state index < -0.39 is 0 Å². The van der Waals surface area contributed by atoms with Crippen molar-refractivity contribution in [2.45, 2.75) is 13.8 Å². The van der Waals surface area contributed by atoms with Crippen molar-refractivity contribution in [2.75, 3.05) is 86.3 Å². The van der Waals surface area contributed by atoms with E-state index in [9.17, 15) is 0 Å². The number of nitrogens with two attached hydrogens (primary N) is 1. The van der Waals surface area contributed by atoms with Crippen LogP contribution in [0.2, 0.25) is 0 Å². The highest BCUT2D eigenvalue weighted by Crippen LogP contribution is 1.83. The number of rotatable bonds is 17. The molecule has 0 fully saturated rings. The topological polar surface area (TPSA) is 81.4 Å². The monoisotopic (exact) mass is 325 g/mol. The number of methoxy groups -OCH3 is 1. The quantitative estimate of drug-likeness (QED) is 0.394. The lowest BCUT2D eigenvalue weighted by molar-refractivity contribution is -0.0142. The second kappa shape index (κ2) is 25.7. The van der Waals surface area contributed by atoms with Crippen molar-refractivity contribution in [1.29, 1.82) is 0 Å². The Bertz CT molecular complexity index is 156. The van der Waals surface area contributed by atoms with E-state index in [0.29, 0.717) is 79.2 Å². The van der Waals surface area contributed by atoms with E-state index in [1.165, 1.54) is 0 Å². The zero-order chi connectivity index (χ0) is 16.7. The summed E-state index contributed by atoms with van der Waals surface area (Å²) in [4.78, 5) is 0. The lowest BCUT2D eigenvalue weighted by atomic mass is 10.6. The van der Waals surface area contributed by atoms with Gasteiger partial charge in [0.15, 0.2) is 0 Å². The van der Waals surface area contributed by atoms with Gasteiger partial charge in [-0.1, -0.05) is 13.8 Å². The highest BCUT2D eigenvalue weighted by atomic mass is 16.6. The number of hydrogen-bond acceptors (Lipinski definition) is 7. The van der Waals surface area contributed by atoms with E-state index in [4.69, 9.17) is 34.2 Å². The van der Waals surface area contributed by atoms with Crippen molar-refractivity contribution < 1.29 is 28.4 Å². The summed E-state index contributed by atoms with van der Waals surface area (Å²) in [6, 6.07) is 0. The van der Waals surface area contributed by atoms with Crippen molar-refractivity contribution in [3.63, 3.8) is 0 Å². The van der Waals surface area contributed by atoms with Crippen LogP contribution in [0.15, 0.2) is 0 Å². The molecule has 7 nitrogen and oxygen atoms in total. The molecule has 0 aromatic rings. The third-order valence-corrected chi connectivity index (χ3v) is 2.18. The molecular formula is C15H35NO6. The van der Waals surface area contributed by atoms with Crippen LogP contribution in [0, 0.1) is 0 Å². The standard InChI is InChI=1S/C13H29NO6.C2H6/c1-15-4-5-17-8-9-19-12-13-20-11-10-18-7-6-16-3-2-14;1-2/h2-14H2,1H3;1-2H3. The Balaban J connectivity index is 0. The molecule has 0 aromatic carbocycles. The summed E-state index contributed by atoms with van der Waals surface area (Å²) >= 11 is 0. The molecule has 0 atom stereocenters. The van der Waals surface area contributed by atoms with Crippen LogP contribution in [0.3, 0.4) is 0 Å². The molecule has 136 valence electrons. The second-order valence-electron chi connectivity index (χ2n) is 3.84. The predicted octanol–water partition coefficient (Wildman–Crippen LogP) is 0.701. The molecule has 0 bridgehead atoms. The van der Waals surface area contributed by atoms with Crippen molar-refractivity contribution in [2.24, 2.45) is 5.73 Å². The van der Waals surface area contributed by atoms with E-state index >= 15 is 0 Å². The zero-order valence-corrected chi connectivity index (χ0v) is 14.5. The third kappa shape index (κ3) is 24.7. The van der Waals surface area contributed by atoms with Crippen LogP contribution in [0.4, 0.5) is 0 Å². The van der Waals surface area contributed by atoms with E-state index in [1.807, 2.05) is 13.8 Å². The molecule has 0 aliphatic carbocycles. The van der Waals surface area contributed by atoms with Gasteiger partial charge in [0, 0.05) is 13.7 Å². The number of ether oxygens (including phenoxy) is 6. The Morgan fingerprint density at radius 3 is 1.05 bits per heavy atom. The summed E-state index contributed by atoms with van der Waals surface area (Å²) in [5.74, 6) is 0. The largest absolute Gasteiger partial charge is 0.382 e. The molecule has 0 spiro atoms. The van der Waals surface area contributed by atoms with Gasteiger partial charge in [0.05, 0.1) is 72.7 Å². The van der Waals surface area contributed by atoms with E-state index in [1.54, 1.807) is 7.11 Å². The van der Waals surface area contributed by atoms with Gasteiger partial charge >= 0.3 is 0 Å². The molecule has 22 heavy (non-hydrogen) atoms. The fourth-order valence-corrected chi connectivity index (χ4v) is 1.21. The van der Waals surface area contributed by atoms with Crippen molar-refractivity contribution in [3.05, 3.63) is 0 Å². The minimum absolute atomic E-state index is 0.542. The molecule has 7 heteroatoms. The minimum atomic E-state index is 0.542. The predicted molar refractivity (Wildman–Crippen MR) is 86.4 cm³/mol. The van der Waals surface area contributed by atoms with Gasteiger partial charge in [-0.15, -0.1) is 0 Å². The molecule has 0 heterocycles. The molecule has 0 unspecified atom stereocenters. The maximum atomic E-state index is 5.33. The minimum Gasteiger partial charge on any atom is -0.382 e. The van der Waals surface area contributed by atoms with Gasteiger partial charge in [0.1, 0.15) is 0 Å². The summed E-state index contributed by atoms with van der Waals surface area (Å²) in [6.07, 6.45) is 0. The molecule has 2 N–H and O–H groups in total. The lowest BCUT2D eigenvalue weighted by Crippen LogP contribution is -2.15. The highest BCUT2D eigenvalue weighted by molar-refractivity contribution is 4.36. The fraction of sp³-hybridized carbons (Fsp3) is 1.00. The molecule has 0 radical (unpaired) electrons. The summed E-state index contributed by atoms with van der Waals surface area (Å²) in [6.45, 7) is 10.9. The van der Waals surface area contributed by atoms with Crippen LogP contribution in [-0.2, 0) is 28.4 Å². The molecule has 0 saturated heterocycles. The Kier molecular flexibility index (Phi) is 28.0. The van der Waals surface area contributed by atoms with E-state index in [0.717, 1.165) is 0 Å². The van der Waals surface area contributed by atoms with Crippen molar-refractivity contribution in [1.82, 2.24) is 0 Å². The Morgan fingerprint density at radius 1 is 0.500 bits per heavy atom. The van der Waals surface area contributed by atoms with Crippen LogP contribution in [0.25, 0.3) is 0 Å².